The number of amides is 1. The Labute approximate surface area is 197 Å². The van der Waals surface area contributed by atoms with Crippen molar-refractivity contribution in [2.24, 2.45) is 22.4 Å². The highest BCUT2D eigenvalue weighted by Gasteiger charge is 2.64. The monoisotopic (exact) mass is 532 g/mol. The fourth-order valence-electron chi connectivity index (χ4n) is 4.89. The highest BCUT2D eigenvalue weighted by atomic mass is 127. The zero-order valence-electron chi connectivity index (χ0n) is 18.1. The van der Waals surface area contributed by atoms with E-state index in [2.05, 4.69) is 40.0 Å². The van der Waals surface area contributed by atoms with Crippen molar-refractivity contribution in [3.63, 3.8) is 0 Å². The molecule has 0 saturated heterocycles. The maximum atomic E-state index is 12.6. The first-order valence-electron chi connectivity index (χ1n) is 11.0. The van der Waals surface area contributed by atoms with E-state index >= 15 is 0 Å². The number of hydrogen-bond donors (Lipinski definition) is 1. The number of hydrogen-bond acceptors (Lipinski definition) is 4. The van der Waals surface area contributed by atoms with Crippen LogP contribution in [0.1, 0.15) is 50.7 Å². The molecule has 0 heterocycles. The van der Waals surface area contributed by atoms with Gasteiger partial charge in [0.2, 0.25) is 5.91 Å². The van der Waals surface area contributed by atoms with E-state index in [0.29, 0.717) is 24.9 Å². The first-order valence-corrected chi connectivity index (χ1v) is 12.1. The third-order valence-electron chi connectivity index (χ3n) is 6.56. The van der Waals surface area contributed by atoms with Crippen molar-refractivity contribution in [2.75, 3.05) is 6.61 Å². The number of benzene rings is 2. The van der Waals surface area contributed by atoms with Gasteiger partial charge in [-0.2, -0.15) is 5.10 Å². The summed E-state index contributed by atoms with van der Waals surface area (Å²) in [5.74, 6) is 2.09. The molecule has 6 heteroatoms. The summed E-state index contributed by atoms with van der Waals surface area (Å²) >= 11 is 2.25. The van der Waals surface area contributed by atoms with Crippen molar-refractivity contribution in [2.45, 2.75) is 46.1 Å². The van der Waals surface area contributed by atoms with Crippen LogP contribution in [0.5, 0.6) is 11.5 Å². The van der Waals surface area contributed by atoms with Gasteiger partial charge in [0.15, 0.2) is 11.5 Å². The van der Waals surface area contributed by atoms with Crippen molar-refractivity contribution >= 4 is 34.7 Å². The molecule has 2 aromatic carbocycles. The standard InChI is InChI=1S/C25H29IN2O3/c1-3-30-21-14-18(13-20(26)23(21)31-16-17-9-5-4-6-10-17)15-27-28-24(29)22-19-11-7-8-12-25(19,22)2/h4-6,9-10,13-15,19,22H,3,7-8,11-12,16H2,1-2H3,(H,28,29)/b27-15-/t19-,22+,25+/m1/s1. The molecule has 164 valence electrons. The normalized spacial score (nSPS) is 24.5. The molecule has 0 spiro atoms. The minimum absolute atomic E-state index is 0.0493. The predicted molar refractivity (Wildman–Crippen MR) is 130 cm³/mol. The molecule has 3 atom stereocenters. The molecule has 1 N–H and O–H groups in total. The fourth-order valence-corrected chi connectivity index (χ4v) is 5.67. The molecule has 5 nitrogen and oxygen atoms in total. The van der Waals surface area contributed by atoms with Gasteiger partial charge in [-0.05, 0) is 76.9 Å². The Morgan fingerprint density at radius 3 is 2.77 bits per heavy atom. The molecule has 0 aliphatic heterocycles. The Kier molecular flexibility index (Phi) is 6.84. The Morgan fingerprint density at radius 1 is 1.26 bits per heavy atom. The average Bonchev–Trinajstić information content (AvgIpc) is 3.39. The average molecular weight is 532 g/mol. The number of carbonyl (C=O) groups excluding carboxylic acids is 1. The summed E-state index contributed by atoms with van der Waals surface area (Å²) in [6.07, 6.45) is 6.47. The quantitative estimate of drug-likeness (QED) is 0.276. The zero-order chi connectivity index (χ0) is 21.8. The highest BCUT2D eigenvalue weighted by molar-refractivity contribution is 14.1. The molecule has 2 saturated carbocycles. The molecule has 0 unspecified atom stereocenters. The molecule has 2 aliphatic rings. The summed E-state index contributed by atoms with van der Waals surface area (Å²) in [5.41, 5.74) is 4.91. The zero-order valence-corrected chi connectivity index (χ0v) is 20.2. The number of ether oxygens (including phenoxy) is 2. The lowest BCUT2D eigenvalue weighted by Gasteiger charge is -2.15. The van der Waals surface area contributed by atoms with Crippen molar-refractivity contribution in [3.8, 4) is 11.5 Å². The van der Waals surface area contributed by atoms with Crippen LogP contribution in [0.4, 0.5) is 0 Å². The Bertz CT molecular complexity index is 963. The summed E-state index contributed by atoms with van der Waals surface area (Å²) in [5, 5.41) is 4.23. The lowest BCUT2D eigenvalue weighted by atomic mass is 9.90. The van der Waals surface area contributed by atoms with Crippen LogP contribution in [-0.2, 0) is 11.4 Å². The van der Waals surface area contributed by atoms with Gasteiger partial charge in [-0.1, -0.05) is 50.1 Å². The molecule has 0 aromatic heterocycles. The Morgan fingerprint density at radius 2 is 2.06 bits per heavy atom. The molecular weight excluding hydrogens is 503 g/mol. The van der Waals surface area contributed by atoms with Crippen molar-refractivity contribution in [1.82, 2.24) is 5.43 Å². The first kappa shape index (κ1) is 22.1. The second kappa shape index (κ2) is 9.59. The van der Waals surface area contributed by atoms with Crippen LogP contribution < -0.4 is 14.9 Å². The number of rotatable bonds is 8. The molecule has 31 heavy (non-hydrogen) atoms. The van der Waals surface area contributed by atoms with Gasteiger partial charge >= 0.3 is 0 Å². The van der Waals surface area contributed by atoms with Gasteiger partial charge in [0, 0.05) is 5.92 Å². The third-order valence-corrected chi connectivity index (χ3v) is 7.36. The number of nitrogens with one attached hydrogen (secondary N) is 1. The molecular formula is C25H29IN2O3. The molecule has 2 fully saturated rings. The first-order chi connectivity index (χ1) is 15.0. The van der Waals surface area contributed by atoms with Crippen LogP contribution in [0.3, 0.4) is 0 Å². The molecule has 1 amide bonds. The van der Waals surface area contributed by atoms with E-state index in [-0.39, 0.29) is 17.2 Å². The van der Waals surface area contributed by atoms with Crippen molar-refractivity contribution in [1.29, 1.82) is 0 Å². The maximum absolute atomic E-state index is 12.6. The minimum atomic E-state index is 0.0493. The second-order valence-corrected chi connectivity index (χ2v) is 9.77. The highest BCUT2D eigenvalue weighted by Crippen LogP contribution is 2.66. The molecule has 0 radical (unpaired) electrons. The van der Waals surface area contributed by atoms with Gasteiger partial charge in [0.25, 0.3) is 0 Å². The lowest BCUT2D eigenvalue weighted by molar-refractivity contribution is -0.123. The van der Waals surface area contributed by atoms with Crippen LogP contribution in [0.25, 0.3) is 0 Å². The smallest absolute Gasteiger partial charge is 0.244 e. The van der Waals surface area contributed by atoms with E-state index in [4.69, 9.17) is 9.47 Å². The SMILES string of the molecule is CCOc1cc(/C=N\NC(=O)[C@@H]2[C@H]3CCCC[C@@]32C)cc(I)c1OCc1ccccc1. The number of hydrazone groups is 1. The van der Waals surface area contributed by atoms with E-state index in [0.717, 1.165) is 26.9 Å². The summed E-state index contributed by atoms with van der Waals surface area (Å²) < 4.78 is 12.8. The van der Waals surface area contributed by atoms with Crippen molar-refractivity contribution < 1.29 is 14.3 Å². The minimum Gasteiger partial charge on any atom is -0.490 e. The van der Waals surface area contributed by atoms with Gasteiger partial charge in [-0.25, -0.2) is 5.43 Å². The van der Waals surface area contributed by atoms with Crippen LogP contribution in [0.15, 0.2) is 47.6 Å². The molecule has 2 aromatic rings. The number of fused-ring (bicyclic) bond motifs is 1. The number of carbonyl (C=O) groups is 1. The molecule has 4 rings (SSSR count). The van der Waals surface area contributed by atoms with Crippen molar-refractivity contribution in [3.05, 3.63) is 57.2 Å². The molecule has 0 bridgehead atoms. The summed E-state index contributed by atoms with van der Waals surface area (Å²) in [6, 6.07) is 13.9. The van der Waals surface area contributed by atoms with E-state index in [1.807, 2.05) is 49.4 Å². The Balaban J connectivity index is 1.41. The van der Waals surface area contributed by atoms with Gasteiger partial charge < -0.3 is 9.47 Å². The van der Waals surface area contributed by atoms with Crippen LogP contribution >= 0.6 is 22.6 Å². The third kappa shape index (κ3) is 4.89. The largest absolute Gasteiger partial charge is 0.490 e. The van der Waals surface area contributed by atoms with E-state index < -0.39 is 0 Å². The number of nitrogens with zero attached hydrogens (tertiary/aromatic N) is 1. The van der Waals surface area contributed by atoms with E-state index in [1.165, 1.54) is 19.3 Å². The van der Waals surface area contributed by atoms with Crippen LogP contribution in [0, 0.1) is 20.8 Å². The van der Waals surface area contributed by atoms with Gasteiger partial charge in [-0.3, -0.25) is 4.79 Å². The van der Waals surface area contributed by atoms with Gasteiger partial charge in [0.05, 0.1) is 16.4 Å². The van der Waals surface area contributed by atoms with E-state index in [9.17, 15) is 4.79 Å². The summed E-state index contributed by atoms with van der Waals surface area (Å²) in [6.45, 7) is 5.21. The summed E-state index contributed by atoms with van der Waals surface area (Å²) in [4.78, 5) is 12.6. The predicted octanol–water partition coefficient (Wildman–Crippen LogP) is 5.55. The molecule has 2 aliphatic carbocycles. The van der Waals surface area contributed by atoms with Gasteiger partial charge in [-0.15, -0.1) is 0 Å². The van der Waals surface area contributed by atoms with Gasteiger partial charge in [0.1, 0.15) is 6.61 Å². The van der Waals surface area contributed by atoms with Crippen LogP contribution in [-0.4, -0.2) is 18.7 Å². The maximum Gasteiger partial charge on any atom is 0.244 e. The van der Waals surface area contributed by atoms with Crippen LogP contribution in [0.2, 0.25) is 0 Å². The summed E-state index contributed by atoms with van der Waals surface area (Å²) in [7, 11) is 0. The topological polar surface area (TPSA) is 59.9 Å². The van der Waals surface area contributed by atoms with E-state index in [1.54, 1.807) is 6.21 Å². The number of halogens is 1. The fraction of sp³-hybridized carbons (Fsp3) is 0.440. The second-order valence-electron chi connectivity index (χ2n) is 8.61. The Hall–Kier alpha value is -2.09. The lowest BCUT2D eigenvalue weighted by Crippen LogP contribution is -2.22.